The summed E-state index contributed by atoms with van der Waals surface area (Å²) in [6, 6.07) is 5.61. The highest BCUT2D eigenvalue weighted by molar-refractivity contribution is 7.22. The number of anilines is 1. The lowest BCUT2D eigenvalue weighted by atomic mass is 10.1. The first-order valence-corrected chi connectivity index (χ1v) is 7.54. The van der Waals surface area contributed by atoms with E-state index >= 15 is 0 Å². The highest BCUT2D eigenvalue weighted by atomic mass is 32.1. The van der Waals surface area contributed by atoms with Gasteiger partial charge in [-0.2, -0.15) is 0 Å². The number of rotatable bonds is 4. The van der Waals surface area contributed by atoms with Crippen LogP contribution in [0.3, 0.4) is 0 Å². The van der Waals surface area contributed by atoms with Crippen molar-refractivity contribution in [2.24, 2.45) is 0 Å². The Hall–Kier alpha value is -2.41. The first-order valence-electron chi connectivity index (χ1n) is 6.73. The third kappa shape index (κ3) is 2.80. The van der Waals surface area contributed by atoms with Crippen LogP contribution in [0.25, 0.3) is 10.2 Å². The molecule has 0 saturated carbocycles. The van der Waals surface area contributed by atoms with E-state index in [1.54, 1.807) is 14.0 Å². The van der Waals surface area contributed by atoms with Crippen LogP contribution < -0.4 is 10.1 Å². The Kier molecular flexibility index (Phi) is 3.81. The summed E-state index contributed by atoms with van der Waals surface area (Å²) >= 11 is 1.41. The fourth-order valence-electron chi connectivity index (χ4n) is 2.16. The molecule has 114 valence electrons. The van der Waals surface area contributed by atoms with E-state index in [4.69, 9.17) is 9.26 Å². The molecule has 22 heavy (non-hydrogen) atoms. The number of hydrogen-bond acceptors (Lipinski definition) is 6. The molecule has 7 heteroatoms. The smallest absolute Gasteiger partial charge is 0.230 e. The van der Waals surface area contributed by atoms with Crippen molar-refractivity contribution in [2.75, 3.05) is 12.4 Å². The Balaban J connectivity index is 1.76. The van der Waals surface area contributed by atoms with E-state index in [0.717, 1.165) is 27.2 Å². The molecule has 1 amide bonds. The monoisotopic (exact) mass is 317 g/mol. The molecular weight excluding hydrogens is 302 g/mol. The second-order valence-corrected chi connectivity index (χ2v) is 5.91. The Bertz CT molecular complexity index is 818. The first kappa shape index (κ1) is 14.5. The molecular formula is C15H15N3O3S. The molecule has 3 aromatic rings. The lowest BCUT2D eigenvalue weighted by Gasteiger charge is -2.00. The lowest BCUT2D eigenvalue weighted by Crippen LogP contribution is -2.14. The van der Waals surface area contributed by atoms with Gasteiger partial charge < -0.3 is 14.6 Å². The molecule has 2 heterocycles. The molecule has 2 aromatic heterocycles. The van der Waals surface area contributed by atoms with Crippen LogP contribution in [0.1, 0.15) is 17.0 Å². The number of benzene rings is 1. The molecule has 0 aliphatic rings. The van der Waals surface area contributed by atoms with Crippen LogP contribution >= 0.6 is 11.3 Å². The minimum Gasteiger partial charge on any atom is -0.497 e. The van der Waals surface area contributed by atoms with Crippen molar-refractivity contribution in [2.45, 2.75) is 20.3 Å². The maximum atomic E-state index is 12.1. The molecule has 3 rings (SSSR count). The molecule has 0 aliphatic heterocycles. The van der Waals surface area contributed by atoms with E-state index < -0.39 is 0 Å². The molecule has 1 N–H and O–H groups in total. The number of nitrogens with zero attached hydrogens (tertiary/aromatic N) is 2. The number of carbonyl (C=O) groups excluding carboxylic acids is 1. The van der Waals surface area contributed by atoms with Crippen molar-refractivity contribution in [1.29, 1.82) is 0 Å². The van der Waals surface area contributed by atoms with E-state index in [2.05, 4.69) is 15.5 Å². The van der Waals surface area contributed by atoms with E-state index in [0.29, 0.717) is 10.9 Å². The second kappa shape index (κ2) is 5.76. The van der Waals surface area contributed by atoms with Crippen molar-refractivity contribution >= 4 is 32.6 Å². The highest BCUT2D eigenvalue weighted by Gasteiger charge is 2.15. The van der Waals surface area contributed by atoms with Gasteiger partial charge in [-0.1, -0.05) is 16.5 Å². The third-order valence-corrected chi connectivity index (χ3v) is 4.29. The number of aryl methyl sites for hydroxylation is 2. The molecule has 0 unspecified atom stereocenters. The normalized spacial score (nSPS) is 10.9. The van der Waals surface area contributed by atoms with Crippen LogP contribution in [0.15, 0.2) is 22.7 Å². The number of carbonyl (C=O) groups is 1. The second-order valence-electron chi connectivity index (χ2n) is 4.88. The molecule has 0 fully saturated rings. The number of amides is 1. The summed E-state index contributed by atoms with van der Waals surface area (Å²) in [5.41, 5.74) is 2.39. The zero-order chi connectivity index (χ0) is 15.7. The van der Waals surface area contributed by atoms with E-state index in [1.165, 1.54) is 11.3 Å². The maximum Gasteiger partial charge on any atom is 0.230 e. The predicted molar refractivity (Wildman–Crippen MR) is 84.5 cm³/mol. The largest absolute Gasteiger partial charge is 0.497 e. The molecule has 0 radical (unpaired) electrons. The van der Waals surface area contributed by atoms with Crippen LogP contribution in [0.4, 0.5) is 5.13 Å². The van der Waals surface area contributed by atoms with Gasteiger partial charge in [0, 0.05) is 5.56 Å². The van der Waals surface area contributed by atoms with E-state index in [9.17, 15) is 4.79 Å². The van der Waals surface area contributed by atoms with E-state index in [1.807, 2.05) is 25.1 Å². The minimum atomic E-state index is -0.138. The minimum absolute atomic E-state index is 0.138. The average Bonchev–Trinajstić information content (AvgIpc) is 3.03. The SMILES string of the molecule is COc1ccc2nc(NC(=O)Cc3c(C)noc3C)sc2c1. The maximum absolute atomic E-state index is 12.1. The van der Waals surface area contributed by atoms with Gasteiger partial charge in [0.2, 0.25) is 5.91 Å². The summed E-state index contributed by atoms with van der Waals surface area (Å²) in [4.78, 5) is 16.5. The lowest BCUT2D eigenvalue weighted by molar-refractivity contribution is -0.115. The average molecular weight is 317 g/mol. The number of thiazole rings is 1. The summed E-state index contributed by atoms with van der Waals surface area (Å²) < 4.78 is 11.2. The van der Waals surface area contributed by atoms with Crippen molar-refractivity contribution in [1.82, 2.24) is 10.1 Å². The quantitative estimate of drug-likeness (QED) is 0.800. The Morgan fingerprint density at radius 1 is 1.41 bits per heavy atom. The molecule has 0 bridgehead atoms. The van der Waals surface area contributed by atoms with Gasteiger partial charge in [-0.15, -0.1) is 0 Å². The number of methoxy groups -OCH3 is 1. The van der Waals surface area contributed by atoms with Gasteiger partial charge in [-0.25, -0.2) is 4.98 Å². The van der Waals surface area contributed by atoms with Crippen LogP contribution in [-0.4, -0.2) is 23.2 Å². The highest BCUT2D eigenvalue weighted by Crippen LogP contribution is 2.29. The molecule has 0 atom stereocenters. The van der Waals surface area contributed by atoms with Crippen LogP contribution in [0, 0.1) is 13.8 Å². The Morgan fingerprint density at radius 2 is 2.23 bits per heavy atom. The van der Waals surface area contributed by atoms with Gasteiger partial charge in [-0.05, 0) is 32.0 Å². The third-order valence-electron chi connectivity index (χ3n) is 3.36. The summed E-state index contributed by atoms with van der Waals surface area (Å²) in [7, 11) is 1.62. The van der Waals surface area contributed by atoms with Crippen molar-refractivity contribution < 1.29 is 14.1 Å². The zero-order valence-electron chi connectivity index (χ0n) is 12.5. The van der Waals surface area contributed by atoms with Gasteiger partial charge in [-0.3, -0.25) is 4.79 Å². The van der Waals surface area contributed by atoms with Gasteiger partial charge >= 0.3 is 0 Å². The van der Waals surface area contributed by atoms with Crippen molar-refractivity contribution in [3.8, 4) is 5.75 Å². The number of hydrogen-bond donors (Lipinski definition) is 1. The Morgan fingerprint density at radius 3 is 2.91 bits per heavy atom. The van der Waals surface area contributed by atoms with Gasteiger partial charge in [0.1, 0.15) is 11.5 Å². The fraction of sp³-hybridized carbons (Fsp3) is 0.267. The summed E-state index contributed by atoms with van der Waals surface area (Å²) in [5.74, 6) is 1.30. The van der Waals surface area contributed by atoms with Gasteiger partial charge in [0.05, 0.1) is 29.4 Å². The summed E-state index contributed by atoms with van der Waals surface area (Å²) in [5, 5.41) is 7.24. The van der Waals surface area contributed by atoms with Crippen LogP contribution in [-0.2, 0) is 11.2 Å². The Labute approximate surface area is 131 Å². The molecule has 0 saturated heterocycles. The van der Waals surface area contributed by atoms with E-state index in [-0.39, 0.29) is 12.3 Å². The van der Waals surface area contributed by atoms with Crippen molar-refractivity contribution in [3.63, 3.8) is 0 Å². The van der Waals surface area contributed by atoms with Gasteiger partial charge in [0.15, 0.2) is 5.13 Å². The topological polar surface area (TPSA) is 77.2 Å². The summed E-state index contributed by atoms with van der Waals surface area (Å²) in [6.07, 6.45) is 0.223. The van der Waals surface area contributed by atoms with Crippen LogP contribution in [0.2, 0.25) is 0 Å². The number of nitrogens with one attached hydrogen (secondary N) is 1. The van der Waals surface area contributed by atoms with Crippen LogP contribution in [0.5, 0.6) is 5.75 Å². The number of aromatic nitrogens is 2. The number of ether oxygens (including phenoxy) is 1. The molecule has 1 aromatic carbocycles. The predicted octanol–water partition coefficient (Wildman–Crippen LogP) is 3.09. The fourth-order valence-corrected chi connectivity index (χ4v) is 3.07. The molecule has 0 aliphatic carbocycles. The molecule has 0 spiro atoms. The van der Waals surface area contributed by atoms with Gasteiger partial charge in [0.25, 0.3) is 0 Å². The number of fused-ring (bicyclic) bond motifs is 1. The summed E-state index contributed by atoms with van der Waals surface area (Å²) in [6.45, 7) is 3.62. The van der Waals surface area contributed by atoms with Crippen molar-refractivity contribution in [3.05, 3.63) is 35.2 Å². The standard InChI is InChI=1S/C15H15N3O3S/c1-8-11(9(2)21-18-8)7-14(19)17-15-16-12-5-4-10(20-3)6-13(12)22-15/h4-6H,7H2,1-3H3,(H,16,17,19). The first-order chi connectivity index (χ1) is 10.6. The zero-order valence-corrected chi connectivity index (χ0v) is 13.3. The molecule has 6 nitrogen and oxygen atoms in total.